The number of carbonyl (C=O) groups excluding carboxylic acids is 1. The van der Waals surface area contributed by atoms with Gasteiger partial charge in [-0.05, 0) is 36.8 Å². The van der Waals surface area contributed by atoms with E-state index in [1.165, 1.54) is 13.0 Å². The third kappa shape index (κ3) is 3.77. The number of rotatable bonds is 4. The molecule has 0 bridgehead atoms. The lowest BCUT2D eigenvalue weighted by molar-refractivity contribution is -0.385. The van der Waals surface area contributed by atoms with E-state index in [0.29, 0.717) is 4.47 Å². The third-order valence-corrected chi connectivity index (χ3v) is 5.05. The summed E-state index contributed by atoms with van der Waals surface area (Å²) in [5, 5.41) is 10.7. The zero-order chi connectivity index (χ0) is 18.1. The van der Waals surface area contributed by atoms with Crippen molar-refractivity contribution in [2.24, 2.45) is 0 Å². The van der Waals surface area contributed by atoms with Crippen molar-refractivity contribution in [3.8, 4) is 0 Å². The maximum atomic E-state index is 13.7. The van der Waals surface area contributed by atoms with Crippen LogP contribution in [0, 0.1) is 22.9 Å². The highest BCUT2D eigenvalue weighted by atomic mass is 79.9. The SMILES string of the molecule is Cc1cc([N+](=O)[O-])ccc1S(=O)(=O)NC(=O)c1ccc(Br)cc1F. The molecule has 126 valence electrons. The number of nitrogens with zero attached hydrogens (tertiary/aromatic N) is 1. The molecule has 10 heteroatoms. The molecule has 0 saturated heterocycles. The van der Waals surface area contributed by atoms with Crippen LogP contribution in [0.5, 0.6) is 0 Å². The fourth-order valence-electron chi connectivity index (χ4n) is 1.95. The maximum absolute atomic E-state index is 13.7. The summed E-state index contributed by atoms with van der Waals surface area (Å²) in [4.78, 5) is 21.7. The van der Waals surface area contributed by atoms with Crippen molar-refractivity contribution in [3.05, 3.63) is 67.9 Å². The van der Waals surface area contributed by atoms with E-state index in [-0.39, 0.29) is 16.1 Å². The number of hydrogen-bond acceptors (Lipinski definition) is 5. The van der Waals surface area contributed by atoms with Crippen LogP contribution in [0.1, 0.15) is 15.9 Å². The van der Waals surface area contributed by atoms with E-state index in [2.05, 4.69) is 15.9 Å². The second-order valence-electron chi connectivity index (χ2n) is 4.77. The van der Waals surface area contributed by atoms with Gasteiger partial charge in [-0.15, -0.1) is 0 Å². The van der Waals surface area contributed by atoms with Crippen LogP contribution in [0.15, 0.2) is 45.8 Å². The molecule has 2 aromatic carbocycles. The first-order valence-corrected chi connectivity index (χ1v) is 8.66. The molecule has 0 spiro atoms. The standard InChI is InChI=1S/C14H10BrFN2O5S/c1-8-6-10(18(20)21)3-5-13(8)24(22,23)17-14(19)11-4-2-9(15)7-12(11)16/h2-7H,1H3,(H,17,19). The van der Waals surface area contributed by atoms with Gasteiger partial charge in [0.2, 0.25) is 0 Å². The first kappa shape index (κ1) is 18.0. The summed E-state index contributed by atoms with van der Waals surface area (Å²) in [6.07, 6.45) is 0. The predicted octanol–water partition coefficient (Wildman–Crippen LogP) is 2.92. The monoisotopic (exact) mass is 416 g/mol. The molecular weight excluding hydrogens is 407 g/mol. The summed E-state index contributed by atoms with van der Waals surface area (Å²) < 4.78 is 40.4. The van der Waals surface area contributed by atoms with Crippen molar-refractivity contribution in [1.82, 2.24) is 4.72 Å². The van der Waals surface area contributed by atoms with Gasteiger partial charge in [-0.2, -0.15) is 0 Å². The van der Waals surface area contributed by atoms with Gasteiger partial charge >= 0.3 is 0 Å². The number of non-ortho nitro benzene ring substituents is 1. The smallest absolute Gasteiger partial charge is 0.268 e. The predicted molar refractivity (Wildman–Crippen MR) is 86.6 cm³/mol. The van der Waals surface area contributed by atoms with E-state index in [1.807, 2.05) is 0 Å². The van der Waals surface area contributed by atoms with Crippen LogP contribution in [0.4, 0.5) is 10.1 Å². The van der Waals surface area contributed by atoms with Crippen molar-refractivity contribution in [1.29, 1.82) is 0 Å². The van der Waals surface area contributed by atoms with Crippen LogP contribution in [0.25, 0.3) is 0 Å². The molecule has 0 aromatic heterocycles. The number of aryl methyl sites for hydroxylation is 1. The summed E-state index contributed by atoms with van der Waals surface area (Å²) in [6.45, 7) is 1.35. The Bertz CT molecular complexity index is 946. The average molecular weight is 417 g/mol. The minimum Gasteiger partial charge on any atom is -0.268 e. The maximum Gasteiger partial charge on any atom is 0.269 e. The molecule has 2 aromatic rings. The fourth-order valence-corrected chi connectivity index (χ4v) is 3.48. The molecule has 0 fully saturated rings. The average Bonchev–Trinajstić information content (AvgIpc) is 2.45. The van der Waals surface area contributed by atoms with Crippen molar-refractivity contribution in [3.63, 3.8) is 0 Å². The summed E-state index contributed by atoms with van der Waals surface area (Å²) in [5.41, 5.74) is -0.640. The van der Waals surface area contributed by atoms with Crippen LogP contribution < -0.4 is 4.72 Å². The Hall–Kier alpha value is -2.33. The van der Waals surface area contributed by atoms with E-state index in [4.69, 9.17) is 0 Å². The normalized spacial score (nSPS) is 11.1. The number of hydrogen-bond donors (Lipinski definition) is 1. The van der Waals surface area contributed by atoms with Gasteiger partial charge in [0.05, 0.1) is 15.4 Å². The second kappa shape index (κ2) is 6.65. The minimum atomic E-state index is -4.31. The van der Waals surface area contributed by atoms with Gasteiger partial charge in [-0.3, -0.25) is 14.9 Å². The van der Waals surface area contributed by atoms with E-state index >= 15 is 0 Å². The summed E-state index contributed by atoms with van der Waals surface area (Å²) in [6, 6.07) is 6.64. The Balaban J connectivity index is 2.34. The van der Waals surface area contributed by atoms with Crippen LogP contribution in [-0.2, 0) is 10.0 Å². The van der Waals surface area contributed by atoms with Gasteiger partial charge in [0.25, 0.3) is 21.6 Å². The lowest BCUT2D eigenvalue weighted by Gasteiger charge is -2.10. The van der Waals surface area contributed by atoms with Gasteiger partial charge in [-0.25, -0.2) is 17.5 Å². The molecule has 24 heavy (non-hydrogen) atoms. The molecule has 0 aliphatic heterocycles. The van der Waals surface area contributed by atoms with E-state index in [9.17, 15) is 27.7 Å². The van der Waals surface area contributed by atoms with Gasteiger partial charge in [0.1, 0.15) is 5.82 Å². The number of benzene rings is 2. The number of sulfonamides is 1. The molecule has 1 N–H and O–H groups in total. The van der Waals surface area contributed by atoms with E-state index in [1.54, 1.807) is 4.72 Å². The molecule has 2 rings (SSSR count). The zero-order valence-electron chi connectivity index (χ0n) is 12.1. The lowest BCUT2D eigenvalue weighted by atomic mass is 10.2. The molecule has 0 unspecified atom stereocenters. The van der Waals surface area contributed by atoms with Crippen LogP contribution >= 0.6 is 15.9 Å². The Kier molecular flexibility index (Phi) is 4.99. The quantitative estimate of drug-likeness (QED) is 0.608. The summed E-state index contributed by atoms with van der Waals surface area (Å²) in [7, 11) is -4.31. The zero-order valence-corrected chi connectivity index (χ0v) is 14.5. The molecule has 0 aliphatic rings. The van der Waals surface area contributed by atoms with Crippen molar-refractivity contribution in [2.75, 3.05) is 0 Å². The minimum absolute atomic E-state index is 0.0841. The number of carbonyl (C=O) groups is 1. The number of halogens is 2. The topological polar surface area (TPSA) is 106 Å². The fraction of sp³-hybridized carbons (Fsp3) is 0.0714. The Morgan fingerprint density at radius 1 is 1.25 bits per heavy atom. The molecule has 0 aliphatic carbocycles. The second-order valence-corrected chi connectivity index (χ2v) is 7.33. The molecular formula is C14H10BrFN2O5S. The van der Waals surface area contributed by atoms with Gasteiger partial charge < -0.3 is 0 Å². The van der Waals surface area contributed by atoms with E-state index in [0.717, 1.165) is 30.3 Å². The number of amides is 1. The van der Waals surface area contributed by atoms with Crippen molar-refractivity contribution in [2.45, 2.75) is 11.8 Å². The van der Waals surface area contributed by atoms with Gasteiger partial charge in [0, 0.05) is 16.6 Å². The van der Waals surface area contributed by atoms with Crippen molar-refractivity contribution >= 4 is 37.5 Å². The van der Waals surface area contributed by atoms with Crippen LogP contribution in [0.2, 0.25) is 0 Å². The highest BCUT2D eigenvalue weighted by molar-refractivity contribution is 9.10. The van der Waals surface area contributed by atoms with Gasteiger partial charge in [0.15, 0.2) is 0 Å². The van der Waals surface area contributed by atoms with Crippen LogP contribution in [-0.4, -0.2) is 19.2 Å². The Morgan fingerprint density at radius 3 is 2.46 bits per heavy atom. The number of nitrogens with one attached hydrogen (secondary N) is 1. The van der Waals surface area contributed by atoms with E-state index < -0.39 is 32.2 Å². The first-order valence-electron chi connectivity index (χ1n) is 6.39. The first-order chi connectivity index (χ1) is 11.1. The Morgan fingerprint density at radius 2 is 1.92 bits per heavy atom. The molecule has 1 amide bonds. The molecule has 0 heterocycles. The summed E-state index contributed by atoms with van der Waals surface area (Å²) >= 11 is 3.03. The molecule has 0 atom stereocenters. The molecule has 0 radical (unpaired) electrons. The van der Waals surface area contributed by atoms with Crippen LogP contribution in [0.3, 0.4) is 0 Å². The van der Waals surface area contributed by atoms with Crippen molar-refractivity contribution < 1.29 is 22.5 Å². The lowest BCUT2D eigenvalue weighted by Crippen LogP contribution is -2.31. The molecule has 7 nitrogen and oxygen atoms in total. The summed E-state index contributed by atoms with van der Waals surface area (Å²) in [5.74, 6) is -2.03. The third-order valence-electron chi connectivity index (χ3n) is 3.06. The largest absolute Gasteiger partial charge is 0.269 e. The number of nitro benzene ring substituents is 1. The highest BCUT2D eigenvalue weighted by Crippen LogP contribution is 2.22. The highest BCUT2D eigenvalue weighted by Gasteiger charge is 2.23. The van der Waals surface area contributed by atoms with Gasteiger partial charge in [-0.1, -0.05) is 15.9 Å². The molecule has 0 saturated carbocycles. The Labute approximate surface area is 144 Å². The number of nitro groups is 1.